The molecule has 1 aliphatic carbocycles. The van der Waals surface area contributed by atoms with Crippen molar-refractivity contribution in [1.29, 1.82) is 0 Å². The number of hydrogen-bond donors (Lipinski definition) is 0. The molecule has 0 aromatic carbocycles. The van der Waals surface area contributed by atoms with Gasteiger partial charge in [-0.2, -0.15) is 0 Å². The van der Waals surface area contributed by atoms with E-state index in [0.717, 1.165) is 24.7 Å². The first-order chi connectivity index (χ1) is 10.6. The van der Waals surface area contributed by atoms with Crippen molar-refractivity contribution in [3.05, 3.63) is 0 Å². The molecule has 1 heterocycles. The topological polar surface area (TPSA) is 20.3 Å². The Morgan fingerprint density at radius 1 is 0.955 bits per heavy atom. The molecule has 0 bridgehead atoms. The molecule has 0 radical (unpaired) electrons. The van der Waals surface area contributed by atoms with Crippen molar-refractivity contribution < 1.29 is 4.79 Å². The SMILES string of the molecule is CCN1CCC(CCCC2CCC(C(=O)C(C)C)CC2)CC1. The Balaban J connectivity index is 1.57. The Labute approximate surface area is 138 Å². The van der Waals surface area contributed by atoms with Gasteiger partial charge in [0.15, 0.2) is 0 Å². The maximum Gasteiger partial charge on any atom is 0.138 e. The molecule has 0 unspecified atom stereocenters. The summed E-state index contributed by atoms with van der Waals surface area (Å²) in [6, 6.07) is 0. The molecule has 2 rings (SSSR count). The van der Waals surface area contributed by atoms with E-state index in [0.29, 0.717) is 11.7 Å². The minimum absolute atomic E-state index is 0.232. The van der Waals surface area contributed by atoms with E-state index in [9.17, 15) is 4.79 Å². The Morgan fingerprint density at radius 2 is 1.50 bits per heavy atom. The fraction of sp³-hybridized carbons (Fsp3) is 0.950. The smallest absolute Gasteiger partial charge is 0.138 e. The van der Waals surface area contributed by atoms with Gasteiger partial charge in [0, 0.05) is 11.8 Å². The molecular weight excluding hydrogens is 270 g/mol. The predicted octanol–water partition coefficient (Wildman–Crippen LogP) is 4.92. The lowest BCUT2D eigenvalue weighted by atomic mass is 9.76. The average Bonchev–Trinajstić information content (AvgIpc) is 2.55. The van der Waals surface area contributed by atoms with Crippen LogP contribution in [0.2, 0.25) is 0 Å². The summed E-state index contributed by atoms with van der Waals surface area (Å²) >= 11 is 0. The Hall–Kier alpha value is -0.370. The van der Waals surface area contributed by atoms with E-state index in [1.165, 1.54) is 64.6 Å². The summed E-state index contributed by atoms with van der Waals surface area (Å²) in [6.07, 6.45) is 12.1. The van der Waals surface area contributed by atoms with Crippen molar-refractivity contribution in [1.82, 2.24) is 4.90 Å². The molecular formula is C20H37NO. The number of nitrogens with zero attached hydrogens (tertiary/aromatic N) is 1. The van der Waals surface area contributed by atoms with Gasteiger partial charge >= 0.3 is 0 Å². The highest BCUT2D eigenvalue weighted by Crippen LogP contribution is 2.34. The second-order valence-corrected chi connectivity index (χ2v) is 8.08. The van der Waals surface area contributed by atoms with Crippen molar-refractivity contribution in [3.63, 3.8) is 0 Å². The Morgan fingerprint density at radius 3 is 2.00 bits per heavy atom. The molecule has 1 saturated heterocycles. The van der Waals surface area contributed by atoms with Crippen molar-refractivity contribution >= 4 is 5.78 Å². The van der Waals surface area contributed by atoms with E-state index in [1.54, 1.807) is 0 Å². The molecule has 0 amide bonds. The van der Waals surface area contributed by atoms with Gasteiger partial charge in [-0.25, -0.2) is 0 Å². The summed E-state index contributed by atoms with van der Waals surface area (Å²) in [4.78, 5) is 14.7. The summed E-state index contributed by atoms with van der Waals surface area (Å²) in [7, 11) is 0. The lowest BCUT2D eigenvalue weighted by molar-refractivity contribution is -0.127. The van der Waals surface area contributed by atoms with Crippen LogP contribution in [-0.4, -0.2) is 30.3 Å². The first-order valence-electron chi connectivity index (χ1n) is 9.86. The van der Waals surface area contributed by atoms with Gasteiger partial charge in [0.2, 0.25) is 0 Å². The number of piperidine rings is 1. The molecule has 2 fully saturated rings. The van der Waals surface area contributed by atoms with Crippen LogP contribution in [0.25, 0.3) is 0 Å². The summed E-state index contributed by atoms with van der Waals surface area (Å²) in [5.41, 5.74) is 0. The van der Waals surface area contributed by atoms with Gasteiger partial charge in [-0.15, -0.1) is 0 Å². The zero-order valence-electron chi connectivity index (χ0n) is 15.2. The van der Waals surface area contributed by atoms with Crippen LogP contribution in [0, 0.1) is 23.7 Å². The zero-order valence-corrected chi connectivity index (χ0v) is 15.2. The highest BCUT2D eigenvalue weighted by atomic mass is 16.1. The van der Waals surface area contributed by atoms with E-state index < -0.39 is 0 Å². The second kappa shape index (κ2) is 9.05. The highest BCUT2D eigenvalue weighted by Gasteiger charge is 2.27. The number of likely N-dealkylation sites (tertiary alicyclic amines) is 1. The van der Waals surface area contributed by atoms with Crippen molar-refractivity contribution in [3.8, 4) is 0 Å². The molecule has 0 aromatic rings. The van der Waals surface area contributed by atoms with Crippen molar-refractivity contribution in [2.24, 2.45) is 23.7 Å². The number of carbonyl (C=O) groups excluding carboxylic acids is 1. The van der Waals surface area contributed by atoms with E-state index in [-0.39, 0.29) is 5.92 Å². The summed E-state index contributed by atoms with van der Waals surface area (Å²) in [5.74, 6) is 3.03. The molecule has 2 heteroatoms. The van der Waals surface area contributed by atoms with Gasteiger partial charge in [-0.05, 0) is 70.0 Å². The standard InChI is InChI=1S/C20H37NO/c1-4-21-14-12-18(13-15-21)7-5-6-17-8-10-19(11-9-17)20(22)16(2)3/h16-19H,4-15H2,1-3H3. The Kier molecular flexibility index (Phi) is 7.40. The summed E-state index contributed by atoms with van der Waals surface area (Å²) in [6.45, 7) is 10.3. The molecule has 128 valence electrons. The normalized spacial score (nSPS) is 28.2. The van der Waals surface area contributed by atoms with Crippen molar-refractivity contribution in [2.45, 2.75) is 78.6 Å². The van der Waals surface area contributed by atoms with E-state index in [4.69, 9.17) is 0 Å². The van der Waals surface area contributed by atoms with E-state index in [2.05, 4.69) is 25.7 Å². The molecule has 0 atom stereocenters. The molecule has 0 aromatic heterocycles. The molecule has 0 N–H and O–H groups in total. The number of Topliss-reactive ketones (excluding diaryl/α,β-unsaturated/α-hetero) is 1. The minimum atomic E-state index is 0.232. The summed E-state index contributed by atoms with van der Waals surface area (Å²) < 4.78 is 0. The van der Waals surface area contributed by atoms with Gasteiger partial charge in [0.25, 0.3) is 0 Å². The predicted molar refractivity (Wildman–Crippen MR) is 94.0 cm³/mol. The van der Waals surface area contributed by atoms with Gasteiger partial charge in [0.05, 0.1) is 0 Å². The monoisotopic (exact) mass is 307 g/mol. The van der Waals surface area contributed by atoms with E-state index in [1.807, 2.05) is 0 Å². The third-order valence-electron chi connectivity index (χ3n) is 6.20. The van der Waals surface area contributed by atoms with Crippen molar-refractivity contribution in [2.75, 3.05) is 19.6 Å². The van der Waals surface area contributed by atoms with Crippen LogP contribution in [0.5, 0.6) is 0 Å². The quantitative estimate of drug-likeness (QED) is 0.665. The third-order valence-corrected chi connectivity index (χ3v) is 6.20. The lowest BCUT2D eigenvalue weighted by Gasteiger charge is -2.32. The summed E-state index contributed by atoms with van der Waals surface area (Å²) in [5, 5.41) is 0. The van der Waals surface area contributed by atoms with Crippen LogP contribution in [0.4, 0.5) is 0 Å². The molecule has 1 aliphatic heterocycles. The second-order valence-electron chi connectivity index (χ2n) is 8.08. The minimum Gasteiger partial charge on any atom is -0.304 e. The van der Waals surface area contributed by atoms with Crippen LogP contribution in [0.3, 0.4) is 0 Å². The maximum absolute atomic E-state index is 12.1. The van der Waals surface area contributed by atoms with Crippen LogP contribution in [0.15, 0.2) is 0 Å². The third kappa shape index (κ3) is 5.37. The first-order valence-corrected chi connectivity index (χ1v) is 9.86. The molecule has 22 heavy (non-hydrogen) atoms. The lowest BCUT2D eigenvalue weighted by Crippen LogP contribution is -2.33. The highest BCUT2D eigenvalue weighted by molar-refractivity contribution is 5.82. The number of carbonyl (C=O) groups is 1. The number of ketones is 1. The van der Waals surface area contributed by atoms with Crippen LogP contribution < -0.4 is 0 Å². The number of rotatable bonds is 7. The Bertz CT molecular complexity index is 323. The zero-order chi connectivity index (χ0) is 15.9. The van der Waals surface area contributed by atoms with Gasteiger partial charge in [-0.1, -0.05) is 40.0 Å². The fourth-order valence-electron chi connectivity index (χ4n) is 4.49. The number of hydrogen-bond acceptors (Lipinski definition) is 2. The largest absolute Gasteiger partial charge is 0.304 e. The van der Waals surface area contributed by atoms with Crippen LogP contribution in [-0.2, 0) is 4.79 Å². The van der Waals surface area contributed by atoms with Gasteiger partial charge < -0.3 is 4.90 Å². The van der Waals surface area contributed by atoms with E-state index >= 15 is 0 Å². The first kappa shape index (κ1) is 18.0. The fourth-order valence-corrected chi connectivity index (χ4v) is 4.49. The molecule has 2 nitrogen and oxygen atoms in total. The van der Waals surface area contributed by atoms with Gasteiger partial charge in [-0.3, -0.25) is 4.79 Å². The average molecular weight is 308 g/mol. The maximum atomic E-state index is 12.1. The molecule has 2 aliphatic rings. The molecule has 1 saturated carbocycles. The van der Waals surface area contributed by atoms with Crippen LogP contribution >= 0.6 is 0 Å². The van der Waals surface area contributed by atoms with Gasteiger partial charge in [0.1, 0.15) is 5.78 Å². The molecule has 0 spiro atoms. The van der Waals surface area contributed by atoms with Crippen LogP contribution in [0.1, 0.15) is 78.6 Å².